The molecule has 0 saturated carbocycles. The van der Waals surface area contributed by atoms with Crippen molar-refractivity contribution in [1.29, 1.82) is 0 Å². The van der Waals surface area contributed by atoms with Gasteiger partial charge < -0.3 is 10.6 Å². The lowest BCUT2D eigenvalue weighted by molar-refractivity contribution is -0.139. The Morgan fingerprint density at radius 3 is 1.70 bits per heavy atom. The molecule has 0 aliphatic carbocycles. The van der Waals surface area contributed by atoms with Gasteiger partial charge in [0.25, 0.3) is 0 Å². The summed E-state index contributed by atoms with van der Waals surface area (Å²) in [5.41, 5.74) is 1.13. The smallest absolute Gasteiger partial charge is 0.309 e. The Balaban J connectivity index is 4.53. The Morgan fingerprint density at radius 1 is 0.850 bits per heavy atom. The van der Waals surface area contributed by atoms with E-state index in [-0.39, 0.29) is 24.7 Å². The van der Waals surface area contributed by atoms with E-state index >= 15 is 0 Å². The summed E-state index contributed by atoms with van der Waals surface area (Å²) in [5.74, 6) is -2.07. The van der Waals surface area contributed by atoms with Gasteiger partial charge in [-0.25, -0.2) is 0 Å². The Hall–Kier alpha value is -2.24. The molecule has 0 heterocycles. The molecule has 20 heavy (non-hydrogen) atoms. The van der Waals surface area contributed by atoms with E-state index in [9.17, 15) is 19.2 Å². The van der Waals surface area contributed by atoms with Crippen LogP contribution >= 0.6 is 0 Å². The van der Waals surface area contributed by atoms with Gasteiger partial charge in [0.15, 0.2) is 5.78 Å². The van der Waals surface area contributed by atoms with Crippen LogP contribution in [-0.2, 0) is 19.2 Å². The van der Waals surface area contributed by atoms with Crippen LogP contribution in [0.15, 0.2) is 23.3 Å². The minimum atomic E-state index is -0.875. The van der Waals surface area contributed by atoms with E-state index in [1.807, 2.05) is 0 Å². The maximum atomic E-state index is 11.5. The molecule has 0 atom stereocenters. The van der Waals surface area contributed by atoms with Gasteiger partial charge in [0.2, 0.25) is 0 Å². The van der Waals surface area contributed by atoms with Crippen molar-refractivity contribution >= 4 is 23.4 Å². The van der Waals surface area contributed by atoms with Crippen molar-refractivity contribution < 1.29 is 19.2 Å². The van der Waals surface area contributed by atoms with Crippen LogP contribution in [0.1, 0.15) is 27.7 Å². The topological polar surface area (TPSA) is 92.3 Å². The molecular formula is C14H20N2O4. The van der Waals surface area contributed by atoms with E-state index in [2.05, 4.69) is 10.6 Å². The Labute approximate surface area is 118 Å². The van der Waals surface area contributed by atoms with E-state index in [0.717, 1.165) is 0 Å². The molecule has 0 rings (SSSR count). The van der Waals surface area contributed by atoms with Gasteiger partial charge >= 0.3 is 11.8 Å². The average Bonchev–Trinajstić information content (AvgIpc) is 2.39. The quantitative estimate of drug-likeness (QED) is 0.415. The highest BCUT2D eigenvalue weighted by atomic mass is 16.2. The van der Waals surface area contributed by atoms with Crippen molar-refractivity contribution in [3.63, 3.8) is 0 Å². The molecule has 0 aromatic rings. The van der Waals surface area contributed by atoms with Crippen molar-refractivity contribution in [3.05, 3.63) is 23.3 Å². The molecule has 0 unspecified atom stereocenters. The van der Waals surface area contributed by atoms with Gasteiger partial charge in [-0.3, -0.25) is 19.2 Å². The predicted octanol–water partition coefficient (Wildman–Crippen LogP) is 0.289. The largest absolute Gasteiger partial charge is 0.344 e. The summed E-state index contributed by atoms with van der Waals surface area (Å²) in [6, 6.07) is 0. The molecule has 0 radical (unpaired) electrons. The third-order valence-electron chi connectivity index (χ3n) is 2.51. The fraction of sp³-hybridized carbons (Fsp3) is 0.429. The fourth-order valence-corrected chi connectivity index (χ4v) is 1.51. The molecule has 2 amide bonds. The molecule has 6 heteroatoms. The summed E-state index contributed by atoms with van der Waals surface area (Å²) >= 11 is 0. The van der Waals surface area contributed by atoms with E-state index in [4.69, 9.17) is 0 Å². The maximum absolute atomic E-state index is 11.5. The van der Waals surface area contributed by atoms with Crippen molar-refractivity contribution in [2.75, 3.05) is 13.1 Å². The van der Waals surface area contributed by atoms with E-state index in [1.165, 1.54) is 13.8 Å². The average molecular weight is 280 g/mol. The fourth-order valence-electron chi connectivity index (χ4n) is 1.51. The van der Waals surface area contributed by atoms with Crippen LogP contribution in [0, 0.1) is 0 Å². The monoisotopic (exact) mass is 280 g/mol. The number of allylic oxidation sites excluding steroid dienone is 2. The maximum Gasteiger partial charge on any atom is 0.309 e. The van der Waals surface area contributed by atoms with Gasteiger partial charge in [0, 0.05) is 12.1 Å². The lowest BCUT2D eigenvalue weighted by Gasteiger charge is -2.10. The standard InChI is InChI=1S/C14H20N2O4/c1-5-11(12(6-2)10(4)18)8-16-14(20)13(19)15-7-9(3)17/h5-6H,7-8H2,1-4H3,(H,15,19)(H,16,20)/b11-5-,12-6-. The number of carbonyl (C=O) groups is 4. The summed E-state index contributed by atoms with van der Waals surface area (Å²) < 4.78 is 0. The minimum absolute atomic E-state index is 0.0715. The van der Waals surface area contributed by atoms with Crippen LogP contribution in [-0.4, -0.2) is 36.5 Å². The first-order valence-electron chi connectivity index (χ1n) is 6.21. The highest BCUT2D eigenvalue weighted by molar-refractivity contribution is 6.35. The van der Waals surface area contributed by atoms with Crippen LogP contribution in [0.4, 0.5) is 0 Å². The van der Waals surface area contributed by atoms with Gasteiger partial charge in [-0.05, 0) is 33.3 Å². The van der Waals surface area contributed by atoms with Crippen LogP contribution in [0.3, 0.4) is 0 Å². The second-order valence-electron chi connectivity index (χ2n) is 4.14. The molecule has 0 spiro atoms. The predicted molar refractivity (Wildman–Crippen MR) is 74.9 cm³/mol. The molecule has 0 aliphatic heterocycles. The molecule has 0 bridgehead atoms. The van der Waals surface area contributed by atoms with Gasteiger partial charge in [0.05, 0.1) is 6.54 Å². The van der Waals surface area contributed by atoms with Crippen LogP contribution in [0.25, 0.3) is 0 Å². The summed E-state index contributed by atoms with van der Waals surface area (Å²) in [7, 11) is 0. The van der Waals surface area contributed by atoms with E-state index in [1.54, 1.807) is 26.0 Å². The SMILES string of the molecule is C/C=C(CNC(=O)C(=O)NCC(C)=O)\C(=C/C)C(C)=O. The zero-order chi connectivity index (χ0) is 15.7. The molecule has 6 nitrogen and oxygen atoms in total. The zero-order valence-electron chi connectivity index (χ0n) is 12.2. The third-order valence-corrected chi connectivity index (χ3v) is 2.51. The number of carbonyl (C=O) groups excluding carboxylic acids is 4. The van der Waals surface area contributed by atoms with E-state index < -0.39 is 11.8 Å². The molecule has 0 aliphatic rings. The molecule has 2 N–H and O–H groups in total. The zero-order valence-corrected chi connectivity index (χ0v) is 12.2. The number of hydrogen-bond acceptors (Lipinski definition) is 4. The van der Waals surface area contributed by atoms with Crippen LogP contribution in [0.2, 0.25) is 0 Å². The highest BCUT2D eigenvalue weighted by Gasteiger charge is 2.15. The lowest BCUT2D eigenvalue weighted by Crippen LogP contribution is -2.42. The molecule has 0 fully saturated rings. The number of amides is 2. The Kier molecular flexibility index (Phi) is 7.81. The summed E-state index contributed by atoms with van der Waals surface area (Å²) in [5, 5.41) is 4.59. The van der Waals surface area contributed by atoms with Gasteiger partial charge in [-0.15, -0.1) is 0 Å². The number of rotatable bonds is 6. The third kappa shape index (κ3) is 6.08. The highest BCUT2D eigenvalue weighted by Crippen LogP contribution is 2.10. The Bertz CT molecular complexity index is 476. The van der Waals surface area contributed by atoms with Crippen molar-refractivity contribution in [2.24, 2.45) is 0 Å². The number of ketones is 2. The number of Topliss-reactive ketones (excluding diaryl/α,β-unsaturated/α-hetero) is 2. The van der Waals surface area contributed by atoms with Crippen molar-refractivity contribution in [2.45, 2.75) is 27.7 Å². The first-order chi connectivity index (χ1) is 9.33. The number of hydrogen-bond donors (Lipinski definition) is 2. The van der Waals surface area contributed by atoms with E-state index in [0.29, 0.717) is 11.1 Å². The van der Waals surface area contributed by atoms with Gasteiger partial charge in [0.1, 0.15) is 5.78 Å². The lowest BCUT2D eigenvalue weighted by atomic mass is 10.0. The van der Waals surface area contributed by atoms with Gasteiger partial charge in [-0.2, -0.15) is 0 Å². The molecule has 0 aromatic carbocycles. The van der Waals surface area contributed by atoms with Crippen molar-refractivity contribution in [1.82, 2.24) is 10.6 Å². The minimum Gasteiger partial charge on any atom is -0.344 e. The van der Waals surface area contributed by atoms with Gasteiger partial charge in [-0.1, -0.05) is 12.2 Å². The normalized spacial score (nSPS) is 11.8. The van der Waals surface area contributed by atoms with Crippen LogP contribution in [0.5, 0.6) is 0 Å². The first kappa shape index (κ1) is 17.8. The summed E-state index contributed by atoms with van der Waals surface area (Å²) in [6.45, 7) is 6.09. The molecular weight excluding hydrogens is 260 g/mol. The summed E-state index contributed by atoms with van der Waals surface area (Å²) in [6.07, 6.45) is 3.35. The second kappa shape index (κ2) is 8.79. The molecule has 110 valence electrons. The Morgan fingerprint density at radius 2 is 1.35 bits per heavy atom. The summed E-state index contributed by atoms with van der Waals surface area (Å²) in [4.78, 5) is 44.9. The second-order valence-corrected chi connectivity index (χ2v) is 4.14. The molecule has 0 aromatic heterocycles. The van der Waals surface area contributed by atoms with Crippen LogP contribution < -0.4 is 10.6 Å². The van der Waals surface area contributed by atoms with Crippen molar-refractivity contribution in [3.8, 4) is 0 Å². The molecule has 0 saturated heterocycles. The number of nitrogens with one attached hydrogen (secondary N) is 2. The first-order valence-corrected chi connectivity index (χ1v) is 6.21.